The standard InChI is InChI=1S/C27H36N6O2/c1-7-22-32-23(25(34)31-17-27(16-29)10-8-18(2)9-11-27)20(14-28)33(22)24-21(35-6)12-19(15-30-24)13-26(3,4)5/h12,15,18H,7-11,13,17H2,1-6H3,(H,31,34). The number of amides is 1. The molecule has 2 heterocycles. The van der Waals surface area contributed by atoms with Gasteiger partial charge in [0.25, 0.3) is 5.91 Å². The molecule has 186 valence electrons. The fraction of sp³-hybridized carbons (Fsp3) is 0.593. The SMILES string of the molecule is CCc1nc(C(=O)NCC2(C#N)CCC(C)CC2)c(C#N)n1-c1ncc(CC(C)(C)C)cc1OC. The lowest BCUT2D eigenvalue weighted by molar-refractivity contribution is 0.0922. The van der Waals surface area contributed by atoms with Crippen molar-refractivity contribution in [3.8, 4) is 23.7 Å². The Morgan fingerprint density at radius 2 is 2.00 bits per heavy atom. The van der Waals surface area contributed by atoms with Crippen molar-refractivity contribution < 1.29 is 9.53 Å². The second kappa shape index (κ2) is 10.5. The molecule has 8 heteroatoms. The molecule has 1 N–H and O–H groups in total. The van der Waals surface area contributed by atoms with Crippen LogP contribution in [0.4, 0.5) is 0 Å². The summed E-state index contributed by atoms with van der Waals surface area (Å²) in [6, 6.07) is 6.51. The summed E-state index contributed by atoms with van der Waals surface area (Å²) in [6.45, 7) is 10.8. The van der Waals surface area contributed by atoms with Crippen molar-refractivity contribution >= 4 is 5.91 Å². The summed E-state index contributed by atoms with van der Waals surface area (Å²) in [5.41, 5.74) is 0.689. The third-order valence-corrected chi connectivity index (χ3v) is 6.70. The van der Waals surface area contributed by atoms with Crippen LogP contribution < -0.4 is 10.1 Å². The molecule has 0 saturated heterocycles. The normalized spacial score (nSPS) is 20.1. The van der Waals surface area contributed by atoms with Gasteiger partial charge in [0.05, 0.1) is 18.6 Å². The van der Waals surface area contributed by atoms with E-state index in [1.165, 1.54) is 0 Å². The van der Waals surface area contributed by atoms with E-state index in [0.717, 1.165) is 37.7 Å². The largest absolute Gasteiger partial charge is 0.493 e. The zero-order chi connectivity index (χ0) is 25.8. The van der Waals surface area contributed by atoms with Gasteiger partial charge in [0, 0.05) is 19.2 Å². The lowest BCUT2D eigenvalue weighted by atomic mass is 9.72. The zero-order valence-corrected chi connectivity index (χ0v) is 21.7. The second-order valence-corrected chi connectivity index (χ2v) is 10.9. The van der Waals surface area contributed by atoms with E-state index in [9.17, 15) is 15.3 Å². The van der Waals surface area contributed by atoms with Gasteiger partial charge >= 0.3 is 0 Å². The summed E-state index contributed by atoms with van der Waals surface area (Å²) in [5, 5.41) is 22.7. The van der Waals surface area contributed by atoms with Crippen LogP contribution >= 0.6 is 0 Å². The van der Waals surface area contributed by atoms with E-state index in [2.05, 4.69) is 55.1 Å². The number of nitrogens with zero attached hydrogens (tertiary/aromatic N) is 5. The predicted molar refractivity (Wildman–Crippen MR) is 133 cm³/mol. The van der Waals surface area contributed by atoms with E-state index in [-0.39, 0.29) is 23.3 Å². The molecule has 1 aliphatic carbocycles. The molecule has 0 spiro atoms. The molecule has 0 radical (unpaired) electrons. The number of pyridine rings is 1. The Hall–Kier alpha value is -3.39. The molecule has 0 unspecified atom stereocenters. The van der Waals surface area contributed by atoms with E-state index in [4.69, 9.17) is 4.74 Å². The summed E-state index contributed by atoms with van der Waals surface area (Å²) in [7, 11) is 1.57. The van der Waals surface area contributed by atoms with Crippen molar-refractivity contribution in [2.24, 2.45) is 16.7 Å². The quantitative estimate of drug-likeness (QED) is 0.616. The van der Waals surface area contributed by atoms with Crippen molar-refractivity contribution in [1.29, 1.82) is 10.5 Å². The van der Waals surface area contributed by atoms with Gasteiger partial charge in [-0.25, -0.2) is 9.97 Å². The highest BCUT2D eigenvalue weighted by Gasteiger charge is 2.35. The fourth-order valence-electron chi connectivity index (χ4n) is 4.67. The van der Waals surface area contributed by atoms with Gasteiger partial charge in [0.15, 0.2) is 23.0 Å². The molecule has 0 atom stereocenters. The number of ether oxygens (including phenoxy) is 1. The summed E-state index contributed by atoms with van der Waals surface area (Å²) in [4.78, 5) is 22.3. The van der Waals surface area contributed by atoms with Crippen LogP contribution in [0.15, 0.2) is 12.3 Å². The summed E-state index contributed by atoms with van der Waals surface area (Å²) in [5.74, 6) is 1.63. The fourth-order valence-corrected chi connectivity index (χ4v) is 4.67. The first-order chi connectivity index (χ1) is 16.6. The van der Waals surface area contributed by atoms with E-state index in [0.29, 0.717) is 29.7 Å². The van der Waals surface area contributed by atoms with E-state index in [1.807, 2.05) is 13.0 Å². The first kappa shape index (κ1) is 26.2. The van der Waals surface area contributed by atoms with Crippen LogP contribution in [0.25, 0.3) is 5.82 Å². The number of methoxy groups -OCH3 is 1. The maximum Gasteiger partial charge on any atom is 0.272 e. The smallest absolute Gasteiger partial charge is 0.272 e. The summed E-state index contributed by atoms with van der Waals surface area (Å²) in [6.07, 6.45) is 6.55. The lowest BCUT2D eigenvalue weighted by Crippen LogP contribution is -2.39. The predicted octanol–water partition coefficient (Wildman–Crippen LogP) is 4.75. The van der Waals surface area contributed by atoms with E-state index in [1.54, 1.807) is 17.9 Å². The van der Waals surface area contributed by atoms with Gasteiger partial charge in [-0.2, -0.15) is 10.5 Å². The minimum absolute atomic E-state index is 0.0456. The molecule has 35 heavy (non-hydrogen) atoms. The van der Waals surface area contributed by atoms with Gasteiger partial charge in [0.1, 0.15) is 11.9 Å². The van der Waals surface area contributed by atoms with Gasteiger partial charge in [-0.05, 0) is 55.1 Å². The number of rotatable bonds is 7. The minimum Gasteiger partial charge on any atom is -0.493 e. The Morgan fingerprint density at radius 1 is 1.31 bits per heavy atom. The Labute approximate surface area is 208 Å². The second-order valence-electron chi connectivity index (χ2n) is 10.9. The average molecular weight is 477 g/mol. The molecule has 0 aromatic carbocycles. The molecule has 1 saturated carbocycles. The topological polar surface area (TPSA) is 117 Å². The molecule has 1 amide bonds. The van der Waals surface area contributed by atoms with Crippen molar-refractivity contribution in [3.63, 3.8) is 0 Å². The van der Waals surface area contributed by atoms with Crippen LogP contribution in [-0.2, 0) is 12.8 Å². The maximum atomic E-state index is 13.2. The van der Waals surface area contributed by atoms with Crippen LogP contribution in [-0.4, -0.2) is 34.1 Å². The molecule has 1 aliphatic rings. The molecular formula is C27H36N6O2. The van der Waals surface area contributed by atoms with E-state index >= 15 is 0 Å². The number of aryl methyl sites for hydroxylation is 1. The molecule has 1 fully saturated rings. The highest BCUT2D eigenvalue weighted by atomic mass is 16.5. The van der Waals surface area contributed by atoms with Crippen LogP contribution in [0.1, 0.15) is 87.9 Å². The molecule has 0 aliphatic heterocycles. The Balaban J connectivity index is 1.94. The number of carbonyl (C=O) groups is 1. The van der Waals surface area contributed by atoms with Gasteiger partial charge in [-0.3, -0.25) is 9.36 Å². The van der Waals surface area contributed by atoms with Crippen molar-refractivity contribution in [1.82, 2.24) is 19.9 Å². The van der Waals surface area contributed by atoms with Crippen molar-refractivity contribution in [2.45, 2.75) is 73.1 Å². The van der Waals surface area contributed by atoms with Crippen LogP contribution in [0.2, 0.25) is 0 Å². The zero-order valence-electron chi connectivity index (χ0n) is 21.7. The highest BCUT2D eigenvalue weighted by molar-refractivity contribution is 5.94. The number of imidazole rings is 1. The Bertz CT molecular complexity index is 1150. The third kappa shape index (κ3) is 5.82. The first-order valence-electron chi connectivity index (χ1n) is 12.3. The van der Waals surface area contributed by atoms with Crippen molar-refractivity contribution in [2.75, 3.05) is 13.7 Å². The number of hydrogen-bond acceptors (Lipinski definition) is 6. The lowest BCUT2D eigenvalue weighted by Gasteiger charge is -2.33. The highest BCUT2D eigenvalue weighted by Crippen LogP contribution is 2.38. The summed E-state index contributed by atoms with van der Waals surface area (Å²) < 4.78 is 7.24. The Morgan fingerprint density at radius 3 is 2.54 bits per heavy atom. The van der Waals surface area contributed by atoms with Crippen LogP contribution in [0.3, 0.4) is 0 Å². The van der Waals surface area contributed by atoms with E-state index < -0.39 is 11.3 Å². The minimum atomic E-state index is -0.571. The van der Waals surface area contributed by atoms with Gasteiger partial charge in [0.2, 0.25) is 0 Å². The third-order valence-electron chi connectivity index (χ3n) is 6.70. The Kier molecular flexibility index (Phi) is 7.85. The van der Waals surface area contributed by atoms with Crippen molar-refractivity contribution in [3.05, 3.63) is 35.0 Å². The monoisotopic (exact) mass is 476 g/mol. The van der Waals surface area contributed by atoms with Crippen LogP contribution in [0, 0.1) is 39.4 Å². The molecule has 2 aromatic rings. The van der Waals surface area contributed by atoms with Gasteiger partial charge in [-0.1, -0.05) is 34.6 Å². The number of nitrogens with one attached hydrogen (secondary N) is 1. The molecule has 3 rings (SSSR count). The molecule has 0 bridgehead atoms. The summed E-state index contributed by atoms with van der Waals surface area (Å²) >= 11 is 0. The number of nitriles is 2. The van der Waals surface area contributed by atoms with Gasteiger partial charge < -0.3 is 10.1 Å². The molecule has 8 nitrogen and oxygen atoms in total. The average Bonchev–Trinajstić information content (AvgIpc) is 3.21. The molecule has 2 aromatic heterocycles. The first-order valence-corrected chi connectivity index (χ1v) is 12.3. The number of carbonyl (C=O) groups excluding carboxylic acids is 1. The number of aromatic nitrogens is 3. The van der Waals surface area contributed by atoms with Gasteiger partial charge in [-0.15, -0.1) is 0 Å². The molecular weight excluding hydrogens is 440 g/mol. The number of hydrogen-bond donors (Lipinski definition) is 1. The van der Waals surface area contributed by atoms with Crippen LogP contribution in [0.5, 0.6) is 5.75 Å². The maximum absolute atomic E-state index is 13.2.